The van der Waals surface area contributed by atoms with Crippen LogP contribution in [0.5, 0.6) is 0 Å². The highest BCUT2D eigenvalue weighted by molar-refractivity contribution is 5.81. The molecule has 2 N–H and O–H groups in total. The molecule has 2 unspecified atom stereocenters. The summed E-state index contributed by atoms with van der Waals surface area (Å²) in [7, 11) is 3.23. The molecular formula is C11H20F3N3O. The number of carbonyl (C=O) groups excluding carboxylic acids is 1. The predicted molar refractivity (Wildman–Crippen MR) is 61.9 cm³/mol. The highest BCUT2D eigenvalue weighted by Crippen LogP contribution is 2.29. The first-order valence-electron chi connectivity index (χ1n) is 5.99. The average Bonchev–Trinajstić information content (AvgIpc) is 2.70. The van der Waals surface area contributed by atoms with Gasteiger partial charge in [-0.05, 0) is 19.4 Å². The Bertz CT molecular complexity index is 294. The number of nitrogens with two attached hydrogens (primary N) is 1. The van der Waals surface area contributed by atoms with Crippen LogP contribution >= 0.6 is 0 Å². The first-order chi connectivity index (χ1) is 8.27. The van der Waals surface area contributed by atoms with Crippen molar-refractivity contribution in [2.45, 2.75) is 25.1 Å². The number of hydrogen-bond donors (Lipinski definition) is 1. The summed E-state index contributed by atoms with van der Waals surface area (Å²) in [6.07, 6.45) is -2.94. The number of alkyl halides is 3. The van der Waals surface area contributed by atoms with E-state index in [1.807, 2.05) is 0 Å². The Hall–Kier alpha value is -0.820. The molecular weight excluding hydrogens is 247 g/mol. The van der Waals surface area contributed by atoms with Crippen LogP contribution in [0.3, 0.4) is 0 Å². The molecule has 0 radical (unpaired) electrons. The van der Waals surface area contributed by atoms with E-state index in [-0.39, 0.29) is 12.5 Å². The van der Waals surface area contributed by atoms with Crippen LogP contribution in [0, 0.1) is 5.92 Å². The van der Waals surface area contributed by atoms with Crippen molar-refractivity contribution in [3.8, 4) is 0 Å². The van der Waals surface area contributed by atoms with Gasteiger partial charge in [0, 0.05) is 27.2 Å². The highest BCUT2D eigenvalue weighted by Gasteiger charge is 2.42. The fraction of sp³-hybridized carbons (Fsp3) is 0.909. The molecule has 106 valence electrons. The van der Waals surface area contributed by atoms with Crippen molar-refractivity contribution in [3.63, 3.8) is 0 Å². The molecule has 1 rings (SSSR count). The molecule has 1 heterocycles. The van der Waals surface area contributed by atoms with Crippen molar-refractivity contribution < 1.29 is 18.0 Å². The fourth-order valence-electron chi connectivity index (χ4n) is 2.22. The lowest BCUT2D eigenvalue weighted by atomic mass is 10.1. The third-order valence-electron chi connectivity index (χ3n) is 3.29. The lowest BCUT2D eigenvalue weighted by Gasteiger charge is -2.30. The minimum Gasteiger partial charge on any atom is -0.347 e. The Morgan fingerprint density at radius 2 is 2.11 bits per heavy atom. The van der Waals surface area contributed by atoms with Gasteiger partial charge in [-0.1, -0.05) is 0 Å². The average molecular weight is 267 g/mol. The topological polar surface area (TPSA) is 49.6 Å². The summed E-state index contributed by atoms with van der Waals surface area (Å²) >= 11 is 0. The Morgan fingerprint density at radius 1 is 1.50 bits per heavy atom. The molecule has 0 aliphatic carbocycles. The lowest BCUT2D eigenvalue weighted by molar-refractivity contribution is -0.177. The molecule has 0 aromatic heterocycles. The van der Waals surface area contributed by atoms with E-state index < -0.39 is 24.7 Å². The number of amides is 1. The van der Waals surface area contributed by atoms with Gasteiger partial charge in [0.1, 0.15) is 0 Å². The van der Waals surface area contributed by atoms with Gasteiger partial charge in [-0.15, -0.1) is 0 Å². The zero-order chi connectivity index (χ0) is 13.9. The standard InChI is InChI=1S/C11H20F3N3O/c1-16(2)10(18)9-4-3-5-17(9)7-8(6-15)11(12,13)14/h8-9H,3-7,15H2,1-2H3. The van der Waals surface area contributed by atoms with E-state index in [0.717, 1.165) is 6.42 Å². The van der Waals surface area contributed by atoms with Crippen LogP contribution in [0.2, 0.25) is 0 Å². The molecule has 1 amide bonds. The molecule has 0 aromatic rings. The van der Waals surface area contributed by atoms with Crippen molar-refractivity contribution in [1.82, 2.24) is 9.80 Å². The summed E-state index contributed by atoms with van der Waals surface area (Å²) in [6.45, 7) is -0.107. The molecule has 7 heteroatoms. The molecule has 1 saturated heterocycles. The summed E-state index contributed by atoms with van der Waals surface area (Å²) in [5.41, 5.74) is 5.18. The van der Waals surface area contributed by atoms with Gasteiger partial charge in [0.2, 0.25) is 5.91 Å². The van der Waals surface area contributed by atoms with Crippen LogP contribution in [0.25, 0.3) is 0 Å². The first kappa shape index (κ1) is 15.2. The third-order valence-corrected chi connectivity index (χ3v) is 3.29. The van der Waals surface area contributed by atoms with E-state index in [1.165, 1.54) is 4.90 Å². The minimum absolute atomic E-state index is 0.134. The third kappa shape index (κ3) is 3.58. The molecule has 0 saturated carbocycles. The number of likely N-dealkylation sites (tertiary alicyclic amines) is 1. The maximum absolute atomic E-state index is 12.7. The van der Waals surface area contributed by atoms with Gasteiger partial charge >= 0.3 is 6.18 Å². The van der Waals surface area contributed by atoms with Crippen LogP contribution in [0.15, 0.2) is 0 Å². The maximum atomic E-state index is 12.7. The van der Waals surface area contributed by atoms with Gasteiger partial charge in [0.25, 0.3) is 0 Å². The second-order valence-electron chi connectivity index (χ2n) is 4.86. The first-order valence-corrected chi connectivity index (χ1v) is 5.99. The van der Waals surface area contributed by atoms with Crippen LogP contribution in [-0.4, -0.2) is 61.7 Å². The van der Waals surface area contributed by atoms with Gasteiger partial charge < -0.3 is 10.6 Å². The van der Waals surface area contributed by atoms with Gasteiger partial charge in [0.15, 0.2) is 0 Å². The van der Waals surface area contributed by atoms with E-state index in [2.05, 4.69) is 0 Å². The predicted octanol–water partition coefficient (Wildman–Crippen LogP) is 0.676. The molecule has 1 aliphatic rings. The normalized spacial score (nSPS) is 23.1. The van der Waals surface area contributed by atoms with Crippen LogP contribution in [0.4, 0.5) is 13.2 Å². The number of likely N-dealkylation sites (N-methyl/N-ethyl adjacent to an activating group) is 1. The lowest BCUT2D eigenvalue weighted by Crippen LogP contribution is -2.47. The molecule has 0 spiro atoms. The second kappa shape index (κ2) is 5.88. The quantitative estimate of drug-likeness (QED) is 0.814. The summed E-state index contributed by atoms with van der Waals surface area (Å²) in [5, 5.41) is 0. The number of hydrogen-bond acceptors (Lipinski definition) is 3. The van der Waals surface area contributed by atoms with E-state index in [4.69, 9.17) is 5.73 Å². The van der Waals surface area contributed by atoms with Crippen molar-refractivity contribution in [1.29, 1.82) is 0 Å². The SMILES string of the molecule is CN(C)C(=O)C1CCCN1CC(CN)C(F)(F)F. The summed E-state index contributed by atoms with van der Waals surface area (Å²) < 4.78 is 38.0. The van der Waals surface area contributed by atoms with Crippen molar-refractivity contribution >= 4 is 5.91 Å². The molecule has 0 aromatic carbocycles. The van der Waals surface area contributed by atoms with Crippen LogP contribution in [-0.2, 0) is 4.79 Å². The second-order valence-corrected chi connectivity index (χ2v) is 4.86. The van der Waals surface area contributed by atoms with Crippen LogP contribution in [0.1, 0.15) is 12.8 Å². The number of rotatable bonds is 4. The Morgan fingerprint density at radius 3 is 2.56 bits per heavy atom. The fourth-order valence-corrected chi connectivity index (χ4v) is 2.22. The Kier molecular flexibility index (Phi) is 4.98. The zero-order valence-electron chi connectivity index (χ0n) is 10.7. The minimum atomic E-state index is -4.30. The van der Waals surface area contributed by atoms with Gasteiger partial charge in [-0.3, -0.25) is 9.69 Å². The van der Waals surface area contributed by atoms with E-state index >= 15 is 0 Å². The molecule has 1 fully saturated rings. The molecule has 0 bridgehead atoms. The smallest absolute Gasteiger partial charge is 0.347 e. The van der Waals surface area contributed by atoms with Crippen molar-refractivity contribution in [2.75, 3.05) is 33.7 Å². The monoisotopic (exact) mass is 267 g/mol. The van der Waals surface area contributed by atoms with Gasteiger partial charge in [-0.25, -0.2) is 0 Å². The van der Waals surface area contributed by atoms with E-state index in [9.17, 15) is 18.0 Å². The summed E-state index contributed by atoms with van der Waals surface area (Å²) in [4.78, 5) is 14.9. The highest BCUT2D eigenvalue weighted by atomic mass is 19.4. The van der Waals surface area contributed by atoms with Crippen molar-refractivity contribution in [2.24, 2.45) is 11.7 Å². The molecule has 4 nitrogen and oxygen atoms in total. The van der Waals surface area contributed by atoms with E-state index in [1.54, 1.807) is 19.0 Å². The molecule has 2 atom stereocenters. The van der Waals surface area contributed by atoms with Gasteiger partial charge in [-0.2, -0.15) is 13.2 Å². The van der Waals surface area contributed by atoms with Crippen LogP contribution < -0.4 is 5.73 Å². The molecule has 1 aliphatic heterocycles. The largest absolute Gasteiger partial charge is 0.394 e. The Balaban J connectivity index is 2.68. The van der Waals surface area contributed by atoms with E-state index in [0.29, 0.717) is 13.0 Å². The van der Waals surface area contributed by atoms with Gasteiger partial charge in [0.05, 0.1) is 12.0 Å². The zero-order valence-corrected chi connectivity index (χ0v) is 10.7. The number of halogens is 3. The number of nitrogens with zero attached hydrogens (tertiary/aromatic N) is 2. The summed E-state index contributed by atoms with van der Waals surface area (Å²) in [6, 6.07) is -0.434. The summed E-state index contributed by atoms with van der Waals surface area (Å²) in [5.74, 6) is -1.70. The van der Waals surface area contributed by atoms with Crippen molar-refractivity contribution in [3.05, 3.63) is 0 Å². The maximum Gasteiger partial charge on any atom is 0.394 e. The Labute approximate surface area is 105 Å². The number of carbonyl (C=O) groups is 1. The molecule has 18 heavy (non-hydrogen) atoms.